The third-order valence-corrected chi connectivity index (χ3v) is 5.70. The number of carbonyl (C=O) groups is 1. The molecule has 2 rings (SSSR count). The van der Waals surface area contributed by atoms with E-state index in [-0.39, 0.29) is 10.5 Å². The first kappa shape index (κ1) is 19.7. The smallest absolute Gasteiger partial charge is 0.256 e. The largest absolute Gasteiger partial charge is 0.497 e. The van der Waals surface area contributed by atoms with Crippen LogP contribution in [0.3, 0.4) is 0 Å². The van der Waals surface area contributed by atoms with Crippen LogP contribution in [0.1, 0.15) is 15.9 Å². The number of benzene rings is 2. The molecule has 0 spiro atoms. The summed E-state index contributed by atoms with van der Waals surface area (Å²) in [4.78, 5) is 12.8. The maximum atomic E-state index is 12.7. The molecule has 8 heteroatoms. The maximum absolute atomic E-state index is 12.7. The van der Waals surface area contributed by atoms with E-state index in [4.69, 9.17) is 9.47 Å². The lowest BCUT2D eigenvalue weighted by Gasteiger charge is -2.15. The molecule has 2 aromatic carbocycles. The summed E-state index contributed by atoms with van der Waals surface area (Å²) < 4.78 is 36.1. The van der Waals surface area contributed by atoms with Crippen molar-refractivity contribution in [3.05, 3.63) is 47.5 Å². The molecule has 1 N–H and O–H groups in total. The van der Waals surface area contributed by atoms with Crippen LogP contribution < -0.4 is 14.8 Å². The molecular weight excluding hydrogens is 356 g/mol. The van der Waals surface area contributed by atoms with Crippen LogP contribution in [-0.4, -0.2) is 46.9 Å². The van der Waals surface area contributed by atoms with E-state index in [1.54, 1.807) is 31.2 Å². The highest BCUT2D eigenvalue weighted by atomic mass is 32.2. The predicted octanol–water partition coefficient (Wildman–Crippen LogP) is 2.51. The van der Waals surface area contributed by atoms with Crippen molar-refractivity contribution >= 4 is 21.6 Å². The second-order valence-corrected chi connectivity index (χ2v) is 7.94. The third-order valence-electron chi connectivity index (χ3n) is 3.89. The van der Waals surface area contributed by atoms with Crippen molar-refractivity contribution in [2.75, 3.05) is 33.6 Å². The normalized spacial score (nSPS) is 11.3. The minimum Gasteiger partial charge on any atom is -0.497 e. The van der Waals surface area contributed by atoms with Crippen molar-refractivity contribution in [1.29, 1.82) is 0 Å². The highest BCUT2D eigenvalue weighted by Gasteiger charge is 2.20. The number of aryl methyl sites for hydroxylation is 1. The SMILES string of the molecule is COc1ccc(NC(=O)c2cc(S(=O)(=O)N(C)C)ccc2C)c(OC)c1. The average Bonchev–Trinajstić information content (AvgIpc) is 2.61. The number of ether oxygens (including phenoxy) is 2. The lowest BCUT2D eigenvalue weighted by atomic mass is 10.1. The van der Waals surface area contributed by atoms with Crippen molar-refractivity contribution in [1.82, 2.24) is 4.31 Å². The minimum atomic E-state index is -3.63. The molecule has 0 saturated heterocycles. The molecule has 0 aliphatic carbocycles. The number of anilines is 1. The summed E-state index contributed by atoms with van der Waals surface area (Å²) in [7, 11) is 2.27. The van der Waals surface area contributed by atoms with Crippen LogP contribution in [0.25, 0.3) is 0 Å². The second-order valence-electron chi connectivity index (χ2n) is 5.78. The van der Waals surface area contributed by atoms with Crippen LogP contribution in [0.5, 0.6) is 11.5 Å². The monoisotopic (exact) mass is 378 g/mol. The minimum absolute atomic E-state index is 0.0555. The molecule has 0 aliphatic heterocycles. The van der Waals surface area contributed by atoms with E-state index < -0.39 is 15.9 Å². The summed E-state index contributed by atoms with van der Waals surface area (Å²) in [6.45, 7) is 1.74. The van der Waals surface area contributed by atoms with Crippen molar-refractivity contribution in [3.63, 3.8) is 0 Å². The van der Waals surface area contributed by atoms with Crippen LogP contribution in [-0.2, 0) is 10.0 Å². The molecule has 0 saturated carbocycles. The molecule has 0 atom stereocenters. The molecular formula is C18H22N2O5S. The molecule has 0 fully saturated rings. The van der Waals surface area contributed by atoms with Crippen molar-refractivity contribution in [2.45, 2.75) is 11.8 Å². The predicted molar refractivity (Wildman–Crippen MR) is 99.6 cm³/mol. The summed E-state index contributed by atoms with van der Waals surface area (Å²) in [5.41, 5.74) is 1.39. The van der Waals surface area contributed by atoms with E-state index in [2.05, 4.69) is 5.32 Å². The van der Waals surface area contributed by atoms with Crippen molar-refractivity contribution < 1.29 is 22.7 Å². The van der Waals surface area contributed by atoms with E-state index in [0.29, 0.717) is 22.7 Å². The van der Waals surface area contributed by atoms with E-state index in [9.17, 15) is 13.2 Å². The zero-order valence-corrected chi connectivity index (χ0v) is 16.2. The number of carbonyl (C=O) groups excluding carboxylic acids is 1. The molecule has 0 radical (unpaired) electrons. The van der Waals surface area contributed by atoms with Crippen LogP contribution in [0.15, 0.2) is 41.3 Å². The van der Waals surface area contributed by atoms with Gasteiger partial charge in [-0.3, -0.25) is 4.79 Å². The molecule has 7 nitrogen and oxygen atoms in total. The lowest BCUT2D eigenvalue weighted by molar-refractivity contribution is 0.102. The first-order chi connectivity index (χ1) is 12.2. The Morgan fingerprint density at radius 3 is 2.31 bits per heavy atom. The van der Waals surface area contributed by atoms with E-state index in [1.807, 2.05) is 0 Å². The fourth-order valence-corrected chi connectivity index (χ4v) is 3.24. The lowest BCUT2D eigenvalue weighted by Crippen LogP contribution is -2.23. The van der Waals surface area contributed by atoms with Gasteiger partial charge in [-0.1, -0.05) is 6.07 Å². The van der Waals surface area contributed by atoms with Gasteiger partial charge in [0.25, 0.3) is 5.91 Å². The zero-order valence-electron chi connectivity index (χ0n) is 15.4. The molecule has 0 heterocycles. The molecule has 0 aromatic heterocycles. The van der Waals surface area contributed by atoms with E-state index >= 15 is 0 Å². The summed E-state index contributed by atoms with van der Waals surface area (Å²) in [5, 5.41) is 2.75. The van der Waals surface area contributed by atoms with Crippen molar-refractivity contribution in [2.24, 2.45) is 0 Å². The molecule has 2 aromatic rings. The third kappa shape index (κ3) is 3.97. The number of nitrogens with one attached hydrogen (secondary N) is 1. The summed E-state index contributed by atoms with van der Waals surface area (Å²) in [6.07, 6.45) is 0. The highest BCUT2D eigenvalue weighted by Crippen LogP contribution is 2.30. The van der Waals surface area contributed by atoms with Gasteiger partial charge in [0.15, 0.2) is 0 Å². The van der Waals surface area contributed by atoms with Crippen LogP contribution in [0, 0.1) is 6.92 Å². The molecule has 26 heavy (non-hydrogen) atoms. The van der Waals surface area contributed by atoms with Gasteiger partial charge in [-0.25, -0.2) is 12.7 Å². The molecule has 0 bridgehead atoms. The summed E-state index contributed by atoms with van der Waals surface area (Å²) in [6, 6.07) is 9.46. The number of hydrogen-bond donors (Lipinski definition) is 1. The molecule has 0 unspecified atom stereocenters. The maximum Gasteiger partial charge on any atom is 0.256 e. The number of rotatable bonds is 6. The topological polar surface area (TPSA) is 84.9 Å². The number of hydrogen-bond acceptors (Lipinski definition) is 5. The van der Waals surface area contributed by atoms with Gasteiger partial charge in [0.05, 0.1) is 24.8 Å². The summed E-state index contributed by atoms with van der Waals surface area (Å²) >= 11 is 0. The van der Waals surface area contributed by atoms with E-state index in [1.165, 1.54) is 40.4 Å². The quantitative estimate of drug-likeness (QED) is 0.835. The Balaban J connectivity index is 2.39. The Morgan fingerprint density at radius 1 is 1.04 bits per heavy atom. The average molecular weight is 378 g/mol. The molecule has 140 valence electrons. The van der Waals surface area contributed by atoms with Gasteiger partial charge < -0.3 is 14.8 Å². The van der Waals surface area contributed by atoms with Crippen molar-refractivity contribution in [3.8, 4) is 11.5 Å². The zero-order chi connectivity index (χ0) is 19.5. The molecule has 0 aliphatic rings. The van der Waals surface area contributed by atoms with Gasteiger partial charge >= 0.3 is 0 Å². The fourth-order valence-electron chi connectivity index (χ4n) is 2.31. The van der Waals surface area contributed by atoms with Gasteiger partial charge in [0, 0.05) is 25.7 Å². The van der Waals surface area contributed by atoms with Crippen LogP contribution in [0.2, 0.25) is 0 Å². The fraction of sp³-hybridized carbons (Fsp3) is 0.278. The van der Waals surface area contributed by atoms with Gasteiger partial charge in [-0.05, 0) is 36.8 Å². The van der Waals surface area contributed by atoms with Crippen LogP contribution >= 0.6 is 0 Å². The van der Waals surface area contributed by atoms with Gasteiger partial charge in [-0.15, -0.1) is 0 Å². The Labute approximate surface area is 153 Å². The molecule has 1 amide bonds. The standard InChI is InChI=1S/C18H22N2O5S/c1-12-6-8-14(26(22,23)20(2)3)11-15(12)18(21)19-16-9-7-13(24-4)10-17(16)25-5/h6-11H,1-5H3,(H,19,21). The van der Waals surface area contributed by atoms with Gasteiger partial charge in [0.2, 0.25) is 10.0 Å². The highest BCUT2D eigenvalue weighted by molar-refractivity contribution is 7.89. The number of amides is 1. The summed E-state index contributed by atoms with van der Waals surface area (Å²) in [5.74, 6) is 0.601. The first-order valence-corrected chi connectivity index (χ1v) is 9.21. The Kier molecular flexibility index (Phi) is 5.89. The Hall–Kier alpha value is -2.58. The Morgan fingerprint density at radius 2 is 1.73 bits per heavy atom. The number of sulfonamides is 1. The Bertz CT molecular complexity index is 923. The number of nitrogens with zero attached hydrogens (tertiary/aromatic N) is 1. The van der Waals surface area contributed by atoms with Crippen LogP contribution in [0.4, 0.5) is 5.69 Å². The second kappa shape index (κ2) is 7.76. The van der Waals surface area contributed by atoms with Gasteiger partial charge in [-0.2, -0.15) is 0 Å². The first-order valence-electron chi connectivity index (χ1n) is 7.77. The van der Waals surface area contributed by atoms with E-state index in [0.717, 1.165) is 4.31 Å². The number of methoxy groups -OCH3 is 2. The van der Waals surface area contributed by atoms with Gasteiger partial charge in [0.1, 0.15) is 11.5 Å².